The Balaban J connectivity index is 2.49. The Hall–Kier alpha value is -2.63. The maximum absolute atomic E-state index is 12.4. The van der Waals surface area contributed by atoms with Crippen molar-refractivity contribution in [1.82, 2.24) is 24.8 Å². The minimum Gasteiger partial charge on any atom is -0.383 e. The van der Waals surface area contributed by atoms with Crippen LogP contribution in [0.5, 0.6) is 0 Å². The van der Waals surface area contributed by atoms with Crippen molar-refractivity contribution in [2.75, 3.05) is 28.2 Å². The van der Waals surface area contributed by atoms with Gasteiger partial charge in [-0.3, -0.25) is 4.79 Å². The van der Waals surface area contributed by atoms with Crippen LogP contribution in [0.2, 0.25) is 0 Å². The zero-order valence-electron chi connectivity index (χ0n) is 12.7. The Morgan fingerprint density at radius 1 is 1.14 bits per heavy atom. The second-order valence-electron chi connectivity index (χ2n) is 5.11. The van der Waals surface area contributed by atoms with Crippen LogP contribution in [0.15, 0.2) is 42.7 Å². The van der Waals surface area contributed by atoms with E-state index in [-0.39, 0.29) is 5.78 Å². The molecule has 21 heavy (non-hydrogen) atoms. The smallest absolute Gasteiger partial charge is 0.207 e. The van der Waals surface area contributed by atoms with Crippen molar-refractivity contribution in [2.24, 2.45) is 0 Å². The first-order valence-electron chi connectivity index (χ1n) is 6.57. The van der Waals surface area contributed by atoms with E-state index in [1.165, 1.54) is 6.08 Å². The number of aromatic nitrogens is 3. The Bertz CT molecular complexity index is 697. The van der Waals surface area contributed by atoms with Gasteiger partial charge in [-0.05, 0) is 12.1 Å². The molecule has 1 aromatic carbocycles. The summed E-state index contributed by atoms with van der Waals surface area (Å²) in [6.07, 6.45) is 4.97. The molecule has 0 unspecified atom stereocenters. The molecule has 0 N–H and O–H groups in total. The first-order chi connectivity index (χ1) is 9.99. The van der Waals surface area contributed by atoms with Crippen molar-refractivity contribution in [2.45, 2.75) is 0 Å². The van der Waals surface area contributed by atoms with Gasteiger partial charge in [0.1, 0.15) is 11.2 Å². The van der Waals surface area contributed by atoms with Gasteiger partial charge in [0.2, 0.25) is 5.78 Å². The largest absolute Gasteiger partial charge is 0.383 e. The topological polar surface area (TPSA) is 54.3 Å². The van der Waals surface area contributed by atoms with Gasteiger partial charge in [0, 0.05) is 46.7 Å². The summed E-state index contributed by atoms with van der Waals surface area (Å²) in [4.78, 5) is 16.1. The van der Waals surface area contributed by atoms with E-state index in [2.05, 4.69) is 10.3 Å². The highest BCUT2D eigenvalue weighted by molar-refractivity contribution is 6.21. The molecular weight excluding hydrogens is 266 g/mol. The Morgan fingerprint density at radius 3 is 2.52 bits per heavy atom. The van der Waals surface area contributed by atoms with E-state index in [1.54, 1.807) is 17.1 Å². The third-order valence-electron chi connectivity index (χ3n) is 2.74. The lowest BCUT2D eigenvalue weighted by Gasteiger charge is -2.11. The highest BCUT2D eigenvalue weighted by Gasteiger charge is 2.14. The minimum atomic E-state index is -0.131. The third-order valence-corrected chi connectivity index (χ3v) is 2.74. The second kappa shape index (κ2) is 6.21. The highest BCUT2D eigenvalue weighted by Crippen LogP contribution is 2.16. The van der Waals surface area contributed by atoms with Crippen LogP contribution in [-0.4, -0.2) is 58.8 Å². The molecule has 110 valence electrons. The summed E-state index contributed by atoms with van der Waals surface area (Å²) in [6, 6.07) is 7.55. The average molecular weight is 285 g/mol. The molecule has 0 bridgehead atoms. The number of allylic oxidation sites excluding steroid dienone is 2. The number of para-hydroxylation sites is 1. The van der Waals surface area contributed by atoms with Crippen LogP contribution in [-0.2, 0) is 4.79 Å². The van der Waals surface area contributed by atoms with Gasteiger partial charge < -0.3 is 9.80 Å². The van der Waals surface area contributed by atoms with Gasteiger partial charge in [-0.2, -0.15) is 0 Å². The predicted octanol–water partition coefficient (Wildman–Crippen LogP) is 1.44. The number of hydrogen-bond donors (Lipinski definition) is 0. The maximum atomic E-state index is 12.4. The standard InChI is InChI=1S/C15H19N5O/c1-18(2)10-9-15(21)14(11-19(3)4)20-13-8-6-5-7-12(13)16-17-20/h5-11H,1-4H3/b10-9+,14-11-. The first-order valence-corrected chi connectivity index (χ1v) is 6.57. The van der Waals surface area contributed by atoms with Gasteiger partial charge in [0.15, 0.2) is 0 Å². The van der Waals surface area contributed by atoms with Gasteiger partial charge in [0.05, 0.1) is 5.52 Å². The summed E-state index contributed by atoms with van der Waals surface area (Å²) in [5, 5.41) is 8.19. The second-order valence-corrected chi connectivity index (χ2v) is 5.11. The molecule has 0 saturated carbocycles. The van der Waals surface area contributed by atoms with Crippen LogP contribution < -0.4 is 0 Å². The van der Waals surface area contributed by atoms with Crippen molar-refractivity contribution in [3.63, 3.8) is 0 Å². The van der Waals surface area contributed by atoms with Crippen molar-refractivity contribution >= 4 is 22.5 Å². The molecule has 0 radical (unpaired) electrons. The molecule has 2 aromatic rings. The molecule has 0 fully saturated rings. The number of nitrogens with zero attached hydrogens (tertiary/aromatic N) is 5. The SMILES string of the molecule is CN(C)/C=C(/C(=O)/C=C/N(C)C)n1nnc2ccccc21. The number of benzene rings is 1. The van der Waals surface area contributed by atoms with E-state index < -0.39 is 0 Å². The van der Waals surface area contributed by atoms with Crippen LogP contribution in [0.25, 0.3) is 16.7 Å². The average Bonchev–Trinajstić information content (AvgIpc) is 2.85. The highest BCUT2D eigenvalue weighted by atomic mass is 16.1. The van der Waals surface area contributed by atoms with Gasteiger partial charge in [0.25, 0.3) is 0 Å². The fraction of sp³-hybridized carbons (Fsp3) is 0.267. The van der Waals surface area contributed by atoms with Gasteiger partial charge >= 0.3 is 0 Å². The minimum absolute atomic E-state index is 0.131. The van der Waals surface area contributed by atoms with Crippen LogP contribution in [0.4, 0.5) is 0 Å². The van der Waals surface area contributed by atoms with Crippen LogP contribution in [0.3, 0.4) is 0 Å². The van der Waals surface area contributed by atoms with Crippen molar-refractivity contribution in [3.05, 3.63) is 42.7 Å². The molecule has 2 rings (SSSR count). The van der Waals surface area contributed by atoms with Gasteiger partial charge in [-0.25, -0.2) is 4.68 Å². The quantitative estimate of drug-likeness (QED) is 0.778. The summed E-state index contributed by atoms with van der Waals surface area (Å²) < 4.78 is 1.57. The summed E-state index contributed by atoms with van der Waals surface area (Å²) in [5.74, 6) is -0.131. The lowest BCUT2D eigenvalue weighted by molar-refractivity contribution is -0.110. The normalized spacial score (nSPS) is 12.1. The lowest BCUT2D eigenvalue weighted by atomic mass is 10.2. The maximum Gasteiger partial charge on any atom is 0.207 e. The fourth-order valence-corrected chi connectivity index (χ4v) is 1.82. The Labute approximate surface area is 123 Å². The van der Waals surface area contributed by atoms with E-state index >= 15 is 0 Å². The van der Waals surface area contributed by atoms with Crippen molar-refractivity contribution in [1.29, 1.82) is 0 Å². The molecule has 6 heteroatoms. The Kier molecular flexibility index (Phi) is 4.37. The first kappa shape index (κ1) is 14.8. The molecule has 1 heterocycles. The van der Waals surface area contributed by atoms with E-state index in [9.17, 15) is 4.79 Å². The van der Waals surface area contributed by atoms with Gasteiger partial charge in [-0.15, -0.1) is 5.10 Å². The molecule has 0 aliphatic carbocycles. The summed E-state index contributed by atoms with van der Waals surface area (Å²) >= 11 is 0. The molecule has 6 nitrogen and oxygen atoms in total. The van der Waals surface area contributed by atoms with E-state index in [1.807, 2.05) is 62.3 Å². The number of rotatable bonds is 5. The van der Waals surface area contributed by atoms with Crippen molar-refractivity contribution < 1.29 is 4.79 Å². The zero-order valence-corrected chi connectivity index (χ0v) is 12.7. The van der Waals surface area contributed by atoms with E-state index in [0.717, 1.165) is 11.0 Å². The third kappa shape index (κ3) is 3.47. The molecular formula is C15H19N5O. The summed E-state index contributed by atoms with van der Waals surface area (Å²) in [5.41, 5.74) is 2.01. The summed E-state index contributed by atoms with van der Waals surface area (Å²) in [7, 11) is 7.46. The molecule has 0 aliphatic heterocycles. The molecule has 1 aromatic heterocycles. The lowest BCUT2D eigenvalue weighted by Crippen LogP contribution is -2.14. The fourth-order valence-electron chi connectivity index (χ4n) is 1.82. The zero-order chi connectivity index (χ0) is 15.4. The number of carbonyl (C=O) groups is 1. The van der Waals surface area contributed by atoms with Gasteiger partial charge in [-0.1, -0.05) is 17.3 Å². The summed E-state index contributed by atoms with van der Waals surface area (Å²) in [6.45, 7) is 0. The molecule has 0 atom stereocenters. The molecule has 0 aliphatic rings. The van der Waals surface area contributed by atoms with Crippen LogP contribution in [0.1, 0.15) is 0 Å². The molecule has 0 spiro atoms. The number of hydrogen-bond acceptors (Lipinski definition) is 5. The predicted molar refractivity (Wildman–Crippen MR) is 83.3 cm³/mol. The number of carbonyl (C=O) groups excluding carboxylic acids is 1. The Morgan fingerprint density at radius 2 is 1.86 bits per heavy atom. The molecule has 0 amide bonds. The van der Waals surface area contributed by atoms with Crippen LogP contribution in [0, 0.1) is 0 Å². The number of ketones is 1. The molecule has 0 saturated heterocycles. The number of fused-ring (bicyclic) bond motifs is 1. The van der Waals surface area contributed by atoms with Crippen molar-refractivity contribution in [3.8, 4) is 0 Å². The van der Waals surface area contributed by atoms with E-state index in [0.29, 0.717) is 5.70 Å². The van der Waals surface area contributed by atoms with Crippen LogP contribution >= 0.6 is 0 Å². The van der Waals surface area contributed by atoms with E-state index in [4.69, 9.17) is 0 Å². The monoisotopic (exact) mass is 285 g/mol.